The van der Waals surface area contributed by atoms with E-state index in [2.05, 4.69) is 0 Å². The Morgan fingerprint density at radius 1 is 1.33 bits per heavy atom. The Morgan fingerprint density at radius 3 is 2.44 bits per heavy atom. The zero-order chi connectivity index (χ0) is 13.3. The molecule has 0 aliphatic carbocycles. The van der Waals surface area contributed by atoms with Crippen LogP contribution in [-0.2, 0) is 10.2 Å². The van der Waals surface area contributed by atoms with E-state index < -0.39 is 10.2 Å². The third-order valence-electron chi connectivity index (χ3n) is 3.49. The lowest BCUT2D eigenvalue weighted by Crippen LogP contribution is -2.41. The predicted molar refractivity (Wildman–Crippen MR) is 67.8 cm³/mol. The summed E-state index contributed by atoms with van der Waals surface area (Å²) in [6.07, 6.45) is 1.45. The maximum Gasteiger partial charge on any atom is 0.276 e. The largest absolute Gasteiger partial charge is 0.276 e. The van der Waals surface area contributed by atoms with Crippen LogP contribution < -0.4 is 5.14 Å². The van der Waals surface area contributed by atoms with Gasteiger partial charge in [0.25, 0.3) is 10.2 Å². The van der Waals surface area contributed by atoms with Crippen LogP contribution in [0.1, 0.15) is 29.9 Å². The van der Waals surface area contributed by atoms with Crippen LogP contribution in [0.25, 0.3) is 0 Å². The summed E-state index contributed by atoms with van der Waals surface area (Å²) in [5.74, 6) is 0.0434. The Morgan fingerprint density at radius 2 is 1.94 bits per heavy atom. The van der Waals surface area contributed by atoms with Crippen LogP contribution in [-0.4, -0.2) is 25.8 Å². The summed E-state index contributed by atoms with van der Waals surface area (Å²) < 4.78 is 36.7. The first kappa shape index (κ1) is 13.5. The van der Waals surface area contributed by atoms with Crippen molar-refractivity contribution in [2.24, 2.45) is 5.14 Å². The van der Waals surface area contributed by atoms with Crippen molar-refractivity contribution in [1.82, 2.24) is 4.31 Å². The molecule has 0 radical (unpaired) electrons. The van der Waals surface area contributed by atoms with Crippen molar-refractivity contribution in [3.63, 3.8) is 0 Å². The first-order chi connectivity index (χ1) is 8.38. The van der Waals surface area contributed by atoms with Gasteiger partial charge >= 0.3 is 0 Å². The van der Waals surface area contributed by atoms with E-state index in [0.717, 1.165) is 24.0 Å². The van der Waals surface area contributed by atoms with Gasteiger partial charge in [-0.25, -0.2) is 9.53 Å². The maximum absolute atomic E-state index is 13.0. The molecule has 4 nitrogen and oxygen atoms in total. The molecule has 0 unspecified atom stereocenters. The van der Waals surface area contributed by atoms with Gasteiger partial charge in [-0.1, -0.05) is 6.07 Å². The fourth-order valence-electron chi connectivity index (χ4n) is 2.52. The lowest BCUT2D eigenvalue weighted by molar-refractivity contribution is 0.319. The number of hydrogen-bond acceptors (Lipinski definition) is 2. The molecule has 2 rings (SSSR count). The molecule has 0 atom stereocenters. The summed E-state index contributed by atoms with van der Waals surface area (Å²) in [5.41, 5.74) is 2.02. The lowest BCUT2D eigenvalue weighted by Gasteiger charge is -2.30. The van der Waals surface area contributed by atoms with Gasteiger partial charge in [0.05, 0.1) is 0 Å². The molecular formula is C12H17FN2O2S. The molecule has 1 aliphatic heterocycles. The summed E-state index contributed by atoms with van der Waals surface area (Å²) in [6, 6.07) is 4.76. The summed E-state index contributed by atoms with van der Waals surface area (Å²) in [4.78, 5) is 0. The number of aryl methyl sites for hydroxylation is 1. The monoisotopic (exact) mass is 272 g/mol. The standard InChI is InChI=1S/C12H17FN2O2S/c1-9-8-11(13)2-3-12(9)10-4-6-15(7-5-10)18(14,16)17/h2-3,8,10H,4-7H2,1H3,(H2,14,16,17). The number of hydrogen-bond donors (Lipinski definition) is 1. The minimum Gasteiger partial charge on any atom is -0.216 e. The van der Waals surface area contributed by atoms with Gasteiger partial charge in [-0.15, -0.1) is 0 Å². The van der Waals surface area contributed by atoms with Crippen molar-refractivity contribution in [3.8, 4) is 0 Å². The van der Waals surface area contributed by atoms with Crippen LogP contribution in [0.2, 0.25) is 0 Å². The molecular weight excluding hydrogens is 255 g/mol. The summed E-state index contributed by atoms with van der Waals surface area (Å²) in [6.45, 7) is 2.74. The van der Waals surface area contributed by atoms with Gasteiger partial charge in [0, 0.05) is 13.1 Å². The van der Waals surface area contributed by atoms with E-state index in [1.807, 2.05) is 6.92 Å². The summed E-state index contributed by atoms with van der Waals surface area (Å²) in [7, 11) is -3.58. The van der Waals surface area contributed by atoms with Crippen LogP contribution >= 0.6 is 0 Å². The highest BCUT2D eigenvalue weighted by atomic mass is 32.2. The zero-order valence-corrected chi connectivity index (χ0v) is 11.1. The van der Waals surface area contributed by atoms with Gasteiger partial charge in [0.15, 0.2) is 0 Å². The molecule has 2 N–H and O–H groups in total. The van der Waals surface area contributed by atoms with E-state index in [4.69, 9.17) is 5.14 Å². The fourth-order valence-corrected chi connectivity index (χ4v) is 3.24. The first-order valence-corrected chi connectivity index (χ1v) is 7.42. The fraction of sp³-hybridized carbons (Fsp3) is 0.500. The van der Waals surface area contributed by atoms with Crippen molar-refractivity contribution in [1.29, 1.82) is 0 Å². The van der Waals surface area contributed by atoms with Gasteiger partial charge in [0.2, 0.25) is 0 Å². The lowest BCUT2D eigenvalue weighted by atomic mass is 9.87. The highest BCUT2D eigenvalue weighted by molar-refractivity contribution is 7.86. The van der Waals surface area contributed by atoms with Gasteiger partial charge in [0.1, 0.15) is 5.82 Å². The van der Waals surface area contributed by atoms with Gasteiger partial charge in [-0.05, 0) is 48.9 Å². The van der Waals surface area contributed by atoms with Gasteiger partial charge < -0.3 is 0 Å². The average Bonchev–Trinajstić information content (AvgIpc) is 2.28. The Hall–Kier alpha value is -0.980. The van der Waals surface area contributed by atoms with Gasteiger partial charge in [-0.3, -0.25) is 0 Å². The highest BCUT2D eigenvalue weighted by Crippen LogP contribution is 2.30. The highest BCUT2D eigenvalue weighted by Gasteiger charge is 2.26. The van der Waals surface area contributed by atoms with E-state index in [1.54, 1.807) is 6.07 Å². The molecule has 1 saturated heterocycles. The quantitative estimate of drug-likeness (QED) is 0.887. The number of nitrogens with two attached hydrogens (primary N) is 1. The van der Waals surface area contributed by atoms with E-state index in [0.29, 0.717) is 13.1 Å². The molecule has 0 amide bonds. The number of nitrogens with zero attached hydrogens (tertiary/aromatic N) is 1. The second-order valence-corrected chi connectivity index (χ2v) is 6.27. The molecule has 18 heavy (non-hydrogen) atoms. The molecule has 1 aromatic carbocycles. The van der Waals surface area contributed by atoms with E-state index in [-0.39, 0.29) is 11.7 Å². The number of halogens is 1. The zero-order valence-electron chi connectivity index (χ0n) is 10.3. The van der Waals surface area contributed by atoms with Gasteiger partial charge in [-0.2, -0.15) is 12.7 Å². The smallest absolute Gasteiger partial charge is 0.216 e. The first-order valence-electron chi connectivity index (χ1n) is 5.92. The van der Waals surface area contributed by atoms with E-state index in [1.165, 1.54) is 16.4 Å². The molecule has 1 fully saturated rings. The van der Waals surface area contributed by atoms with Crippen LogP contribution in [0.3, 0.4) is 0 Å². The Bertz CT molecular complexity index is 537. The van der Waals surface area contributed by atoms with Crippen molar-refractivity contribution < 1.29 is 12.8 Å². The Kier molecular flexibility index (Phi) is 3.70. The van der Waals surface area contributed by atoms with Crippen molar-refractivity contribution in [2.45, 2.75) is 25.7 Å². The maximum atomic E-state index is 13.0. The second kappa shape index (κ2) is 4.95. The summed E-state index contributed by atoms with van der Waals surface area (Å²) >= 11 is 0. The molecule has 1 heterocycles. The van der Waals surface area contributed by atoms with E-state index >= 15 is 0 Å². The third kappa shape index (κ3) is 2.88. The molecule has 0 aromatic heterocycles. The second-order valence-electron chi connectivity index (χ2n) is 4.72. The van der Waals surface area contributed by atoms with Crippen molar-refractivity contribution in [2.75, 3.05) is 13.1 Å². The molecule has 0 bridgehead atoms. The van der Waals surface area contributed by atoms with Crippen LogP contribution in [0.5, 0.6) is 0 Å². The topological polar surface area (TPSA) is 63.4 Å². The third-order valence-corrected chi connectivity index (χ3v) is 4.57. The minimum atomic E-state index is -3.58. The van der Waals surface area contributed by atoms with Crippen molar-refractivity contribution in [3.05, 3.63) is 35.1 Å². The number of piperidine rings is 1. The number of rotatable bonds is 2. The average molecular weight is 272 g/mol. The number of benzene rings is 1. The van der Waals surface area contributed by atoms with E-state index in [9.17, 15) is 12.8 Å². The molecule has 0 spiro atoms. The minimum absolute atomic E-state index is 0.238. The molecule has 1 aromatic rings. The normalized spacial score (nSPS) is 19.1. The van der Waals surface area contributed by atoms with Crippen LogP contribution in [0.4, 0.5) is 4.39 Å². The van der Waals surface area contributed by atoms with Crippen LogP contribution in [0.15, 0.2) is 18.2 Å². The van der Waals surface area contributed by atoms with Crippen LogP contribution in [0, 0.1) is 12.7 Å². The molecule has 1 aliphatic rings. The SMILES string of the molecule is Cc1cc(F)ccc1C1CCN(S(N)(=O)=O)CC1. The Balaban J connectivity index is 2.10. The van der Waals surface area contributed by atoms with Crippen molar-refractivity contribution >= 4 is 10.2 Å². The summed E-state index contributed by atoms with van der Waals surface area (Å²) in [5, 5.41) is 5.09. The molecule has 6 heteroatoms. The Labute approximate surface area is 107 Å². The predicted octanol–water partition coefficient (Wildman–Crippen LogP) is 1.52. The molecule has 0 saturated carbocycles. The molecule has 100 valence electrons.